The molecular weight excluding hydrogens is 268 g/mol. The maximum Gasteiger partial charge on any atom is 0.208 e. The SMILES string of the molecule is Cc1nc(SCC(N)c2cccc3ccccc23)n[nH]1. The van der Waals surface area contributed by atoms with Crippen molar-refractivity contribution in [2.45, 2.75) is 18.1 Å². The Bertz CT molecular complexity index is 717. The number of fused-ring (bicyclic) bond motifs is 1. The predicted octanol–water partition coefficient (Wildman–Crippen LogP) is 3.06. The van der Waals surface area contributed by atoms with Gasteiger partial charge in [-0.05, 0) is 23.3 Å². The number of hydrogen-bond acceptors (Lipinski definition) is 4. The van der Waals surface area contributed by atoms with E-state index in [1.807, 2.05) is 19.1 Å². The average molecular weight is 284 g/mol. The molecule has 1 atom stereocenters. The lowest BCUT2D eigenvalue weighted by molar-refractivity contribution is 0.835. The zero-order valence-corrected chi connectivity index (χ0v) is 12.0. The van der Waals surface area contributed by atoms with E-state index in [1.165, 1.54) is 16.3 Å². The third-order valence-corrected chi connectivity index (χ3v) is 4.16. The van der Waals surface area contributed by atoms with Crippen molar-refractivity contribution in [3.05, 3.63) is 53.9 Å². The maximum absolute atomic E-state index is 6.33. The largest absolute Gasteiger partial charge is 0.323 e. The minimum absolute atomic E-state index is 0.0371. The van der Waals surface area contributed by atoms with Crippen LogP contribution in [0.5, 0.6) is 0 Å². The molecule has 0 amide bonds. The second-order valence-electron chi connectivity index (χ2n) is 4.69. The van der Waals surface area contributed by atoms with Gasteiger partial charge in [-0.25, -0.2) is 4.98 Å². The average Bonchev–Trinajstić information content (AvgIpc) is 2.90. The number of rotatable bonds is 4. The summed E-state index contributed by atoms with van der Waals surface area (Å²) in [6, 6.07) is 14.5. The van der Waals surface area contributed by atoms with E-state index in [-0.39, 0.29) is 6.04 Å². The van der Waals surface area contributed by atoms with Crippen molar-refractivity contribution in [3.8, 4) is 0 Å². The van der Waals surface area contributed by atoms with Crippen molar-refractivity contribution in [3.63, 3.8) is 0 Å². The molecule has 0 radical (unpaired) electrons. The summed E-state index contributed by atoms with van der Waals surface area (Å²) in [6.07, 6.45) is 0. The first-order chi connectivity index (χ1) is 9.74. The molecule has 0 bridgehead atoms. The summed E-state index contributed by atoms with van der Waals surface area (Å²) in [4.78, 5) is 4.28. The molecule has 0 aliphatic heterocycles. The van der Waals surface area contributed by atoms with Crippen LogP contribution in [0.1, 0.15) is 17.4 Å². The third-order valence-electron chi connectivity index (χ3n) is 3.19. The van der Waals surface area contributed by atoms with E-state index in [9.17, 15) is 0 Å². The van der Waals surface area contributed by atoms with E-state index in [0.717, 1.165) is 16.7 Å². The molecule has 4 nitrogen and oxygen atoms in total. The van der Waals surface area contributed by atoms with Gasteiger partial charge < -0.3 is 5.73 Å². The molecule has 0 fully saturated rings. The number of H-pyrrole nitrogens is 1. The van der Waals surface area contributed by atoms with Crippen LogP contribution in [0.25, 0.3) is 10.8 Å². The van der Waals surface area contributed by atoms with Crippen LogP contribution in [0.4, 0.5) is 0 Å². The highest BCUT2D eigenvalue weighted by molar-refractivity contribution is 7.99. The number of nitrogens with two attached hydrogens (primary N) is 1. The van der Waals surface area contributed by atoms with Crippen LogP contribution in [0.15, 0.2) is 47.6 Å². The molecule has 3 N–H and O–H groups in total. The van der Waals surface area contributed by atoms with Gasteiger partial charge in [-0.15, -0.1) is 5.10 Å². The maximum atomic E-state index is 6.33. The van der Waals surface area contributed by atoms with Gasteiger partial charge in [0.2, 0.25) is 5.16 Å². The highest BCUT2D eigenvalue weighted by Crippen LogP contribution is 2.26. The normalized spacial score (nSPS) is 12.7. The standard InChI is InChI=1S/C15H16N4S/c1-10-17-15(19-18-10)20-9-14(16)13-8-4-6-11-5-2-3-7-12(11)13/h2-8,14H,9,16H2,1H3,(H,17,18,19). The topological polar surface area (TPSA) is 67.6 Å². The Morgan fingerprint density at radius 1 is 1.20 bits per heavy atom. The zero-order valence-electron chi connectivity index (χ0n) is 11.2. The molecule has 1 heterocycles. The van der Waals surface area contributed by atoms with Gasteiger partial charge >= 0.3 is 0 Å². The van der Waals surface area contributed by atoms with Gasteiger partial charge in [0.1, 0.15) is 5.82 Å². The monoisotopic (exact) mass is 284 g/mol. The molecule has 0 saturated heterocycles. The lowest BCUT2D eigenvalue weighted by Crippen LogP contribution is -2.13. The Labute approximate surface area is 121 Å². The highest BCUT2D eigenvalue weighted by Gasteiger charge is 2.11. The van der Waals surface area contributed by atoms with E-state index in [0.29, 0.717) is 0 Å². The van der Waals surface area contributed by atoms with Crippen LogP contribution in [0.2, 0.25) is 0 Å². The number of nitrogens with one attached hydrogen (secondary N) is 1. The molecule has 0 aliphatic carbocycles. The number of aryl methyl sites for hydroxylation is 1. The predicted molar refractivity (Wildman–Crippen MR) is 82.7 cm³/mol. The minimum atomic E-state index is -0.0371. The van der Waals surface area contributed by atoms with Gasteiger partial charge in [-0.3, -0.25) is 5.10 Å². The minimum Gasteiger partial charge on any atom is -0.323 e. The number of aromatic nitrogens is 3. The van der Waals surface area contributed by atoms with Crippen molar-refractivity contribution in [1.82, 2.24) is 15.2 Å². The Hall–Kier alpha value is -1.85. The molecule has 3 aromatic rings. The Kier molecular flexibility index (Phi) is 3.71. The number of nitrogens with zero attached hydrogens (tertiary/aromatic N) is 2. The quantitative estimate of drug-likeness (QED) is 0.723. The summed E-state index contributed by atoms with van der Waals surface area (Å²) in [6.45, 7) is 1.89. The van der Waals surface area contributed by atoms with E-state index in [4.69, 9.17) is 5.73 Å². The molecule has 0 saturated carbocycles. The lowest BCUT2D eigenvalue weighted by atomic mass is 10.0. The number of hydrogen-bond donors (Lipinski definition) is 2. The Morgan fingerprint density at radius 3 is 2.80 bits per heavy atom. The summed E-state index contributed by atoms with van der Waals surface area (Å²) < 4.78 is 0. The van der Waals surface area contributed by atoms with Crippen LogP contribution >= 0.6 is 11.8 Å². The molecule has 1 aromatic heterocycles. The molecule has 5 heteroatoms. The van der Waals surface area contributed by atoms with Gasteiger partial charge in [0.05, 0.1) is 0 Å². The highest BCUT2D eigenvalue weighted by atomic mass is 32.2. The fourth-order valence-corrected chi connectivity index (χ4v) is 3.03. The molecule has 0 aliphatic rings. The number of thioether (sulfide) groups is 1. The number of benzene rings is 2. The van der Waals surface area contributed by atoms with Gasteiger partial charge in [0.15, 0.2) is 0 Å². The van der Waals surface area contributed by atoms with E-state index < -0.39 is 0 Å². The lowest BCUT2D eigenvalue weighted by Gasteiger charge is -2.13. The van der Waals surface area contributed by atoms with Crippen LogP contribution in [0, 0.1) is 6.92 Å². The second-order valence-corrected chi connectivity index (χ2v) is 5.68. The first-order valence-electron chi connectivity index (χ1n) is 6.49. The molecule has 3 rings (SSSR count). The zero-order chi connectivity index (χ0) is 13.9. The molecule has 2 aromatic carbocycles. The molecule has 1 unspecified atom stereocenters. The fourth-order valence-electron chi connectivity index (χ4n) is 2.21. The van der Waals surface area contributed by atoms with Gasteiger partial charge in [-0.1, -0.05) is 54.2 Å². The van der Waals surface area contributed by atoms with Crippen molar-refractivity contribution in [2.75, 3.05) is 5.75 Å². The molecule has 0 spiro atoms. The molecule has 102 valence electrons. The van der Waals surface area contributed by atoms with Gasteiger partial charge in [0, 0.05) is 11.8 Å². The van der Waals surface area contributed by atoms with Crippen molar-refractivity contribution < 1.29 is 0 Å². The summed E-state index contributed by atoms with van der Waals surface area (Å²) in [5.74, 6) is 1.58. The van der Waals surface area contributed by atoms with Crippen LogP contribution in [0.3, 0.4) is 0 Å². The Balaban J connectivity index is 1.80. The molecule has 20 heavy (non-hydrogen) atoms. The smallest absolute Gasteiger partial charge is 0.208 e. The first-order valence-corrected chi connectivity index (χ1v) is 7.47. The number of aromatic amines is 1. The fraction of sp³-hybridized carbons (Fsp3) is 0.200. The molecular formula is C15H16N4S. The second kappa shape index (κ2) is 5.64. The van der Waals surface area contributed by atoms with Crippen molar-refractivity contribution >= 4 is 22.5 Å². The van der Waals surface area contributed by atoms with Crippen molar-refractivity contribution in [1.29, 1.82) is 0 Å². The van der Waals surface area contributed by atoms with Crippen LogP contribution in [-0.4, -0.2) is 20.9 Å². The van der Waals surface area contributed by atoms with Gasteiger partial charge in [0.25, 0.3) is 0 Å². The van der Waals surface area contributed by atoms with Gasteiger partial charge in [-0.2, -0.15) is 0 Å². The van der Waals surface area contributed by atoms with Crippen LogP contribution < -0.4 is 5.73 Å². The van der Waals surface area contributed by atoms with E-state index in [1.54, 1.807) is 11.8 Å². The summed E-state index contributed by atoms with van der Waals surface area (Å²) in [5, 5.41) is 10.1. The van der Waals surface area contributed by atoms with E-state index >= 15 is 0 Å². The Morgan fingerprint density at radius 2 is 2.00 bits per heavy atom. The van der Waals surface area contributed by atoms with Crippen LogP contribution in [-0.2, 0) is 0 Å². The summed E-state index contributed by atoms with van der Waals surface area (Å²) >= 11 is 1.57. The third kappa shape index (κ3) is 2.69. The summed E-state index contributed by atoms with van der Waals surface area (Å²) in [5.41, 5.74) is 7.50. The summed E-state index contributed by atoms with van der Waals surface area (Å²) in [7, 11) is 0. The first kappa shape index (κ1) is 13.1. The van der Waals surface area contributed by atoms with E-state index in [2.05, 4.69) is 45.5 Å². The van der Waals surface area contributed by atoms with Crippen molar-refractivity contribution in [2.24, 2.45) is 5.73 Å².